The molecule has 0 saturated heterocycles. The van der Waals surface area contributed by atoms with E-state index in [9.17, 15) is 43.2 Å². The Hall–Kier alpha value is -1.94. The van der Waals surface area contributed by atoms with Gasteiger partial charge in [0.1, 0.15) is 19.3 Å². The normalized spacial score (nSPS) is 14.5. The molecule has 0 amide bonds. The van der Waals surface area contributed by atoms with Crippen LogP contribution in [0.2, 0.25) is 0 Å². The first-order valence-corrected chi connectivity index (χ1v) is 43.6. The third kappa shape index (κ3) is 69.5. The first-order valence-electron chi connectivity index (χ1n) is 40.6. The molecule has 0 aromatic carbocycles. The molecule has 0 aromatic heterocycles. The lowest BCUT2D eigenvalue weighted by Gasteiger charge is -2.21. The van der Waals surface area contributed by atoms with Crippen LogP contribution >= 0.6 is 15.6 Å². The van der Waals surface area contributed by atoms with E-state index < -0.39 is 97.5 Å². The van der Waals surface area contributed by atoms with Crippen molar-refractivity contribution in [2.24, 2.45) is 11.8 Å². The fourth-order valence-corrected chi connectivity index (χ4v) is 13.5. The monoisotopic (exact) mass is 1420 g/mol. The molecular formula is C78H152O17P2. The number of aliphatic hydroxyl groups is 1. The number of hydrogen-bond donors (Lipinski definition) is 3. The highest BCUT2D eigenvalue weighted by molar-refractivity contribution is 7.47. The number of carbonyl (C=O) groups excluding carboxylic acids is 4. The van der Waals surface area contributed by atoms with Crippen LogP contribution < -0.4 is 0 Å². The van der Waals surface area contributed by atoms with E-state index in [-0.39, 0.29) is 25.7 Å². The highest BCUT2D eigenvalue weighted by Crippen LogP contribution is 2.45. The van der Waals surface area contributed by atoms with Gasteiger partial charge in [-0.25, -0.2) is 9.13 Å². The van der Waals surface area contributed by atoms with Gasteiger partial charge in [0.25, 0.3) is 0 Å². The summed E-state index contributed by atoms with van der Waals surface area (Å²) in [5, 5.41) is 10.6. The second kappa shape index (κ2) is 69.8. The van der Waals surface area contributed by atoms with Crippen molar-refractivity contribution in [1.82, 2.24) is 0 Å². The van der Waals surface area contributed by atoms with Crippen LogP contribution in [0.4, 0.5) is 0 Å². The van der Waals surface area contributed by atoms with E-state index in [4.69, 9.17) is 37.0 Å². The maximum atomic E-state index is 13.1. The molecule has 576 valence electrons. The Balaban J connectivity index is 5.15. The predicted octanol–water partition coefficient (Wildman–Crippen LogP) is 23.1. The van der Waals surface area contributed by atoms with E-state index in [0.717, 1.165) is 115 Å². The number of carbonyl (C=O) groups is 4. The van der Waals surface area contributed by atoms with Gasteiger partial charge in [-0.2, -0.15) is 0 Å². The van der Waals surface area contributed by atoms with Crippen LogP contribution in [0.1, 0.15) is 408 Å². The topological polar surface area (TPSA) is 237 Å². The molecule has 0 aliphatic rings. The molecule has 4 unspecified atom stereocenters. The highest BCUT2D eigenvalue weighted by atomic mass is 31.2. The number of phosphoric ester groups is 2. The largest absolute Gasteiger partial charge is 0.472 e. The molecule has 17 nitrogen and oxygen atoms in total. The van der Waals surface area contributed by atoms with Crippen molar-refractivity contribution in [3.05, 3.63) is 0 Å². The van der Waals surface area contributed by atoms with Gasteiger partial charge in [-0.3, -0.25) is 37.3 Å². The number of phosphoric acid groups is 2. The zero-order valence-corrected chi connectivity index (χ0v) is 65.2. The summed E-state index contributed by atoms with van der Waals surface area (Å²) in [4.78, 5) is 72.7. The second-order valence-corrected chi connectivity index (χ2v) is 31.5. The fourth-order valence-electron chi connectivity index (χ4n) is 11.9. The van der Waals surface area contributed by atoms with E-state index in [0.29, 0.717) is 25.7 Å². The summed E-state index contributed by atoms with van der Waals surface area (Å²) in [5.74, 6) is -0.398. The van der Waals surface area contributed by atoms with Gasteiger partial charge < -0.3 is 33.8 Å². The summed E-state index contributed by atoms with van der Waals surface area (Å²) in [5.41, 5.74) is 0. The quantitative estimate of drug-likeness (QED) is 0.0222. The molecule has 0 radical (unpaired) electrons. The minimum atomic E-state index is -4.96. The molecule has 0 rings (SSSR count). The third-order valence-corrected chi connectivity index (χ3v) is 20.8. The van der Waals surface area contributed by atoms with Gasteiger partial charge in [-0.15, -0.1) is 0 Å². The SMILES string of the molecule is CCCCCCCCCCCCC(=O)O[C@H](COC(=O)CCCCCCCCC)COP(=O)(O)OC[C@H](O)COP(=O)(O)OC[C@@H](COC(=O)CCCCCCCCCCCCCCCCC(C)CC)OC(=O)CCCCCCCCCCCCCCCCCCCCC(C)CC. The van der Waals surface area contributed by atoms with Gasteiger partial charge in [-0.05, 0) is 37.5 Å². The van der Waals surface area contributed by atoms with E-state index >= 15 is 0 Å². The Morgan fingerprint density at radius 2 is 0.495 bits per heavy atom. The molecule has 3 N–H and O–H groups in total. The number of ether oxygens (including phenoxy) is 4. The molecule has 0 heterocycles. The lowest BCUT2D eigenvalue weighted by atomic mass is 9.99. The van der Waals surface area contributed by atoms with Crippen molar-refractivity contribution >= 4 is 39.5 Å². The van der Waals surface area contributed by atoms with Crippen LogP contribution in [0.3, 0.4) is 0 Å². The molecule has 7 atom stereocenters. The van der Waals surface area contributed by atoms with E-state index in [1.165, 1.54) is 212 Å². The summed E-state index contributed by atoms with van der Waals surface area (Å²) in [6, 6.07) is 0. The van der Waals surface area contributed by atoms with Crippen LogP contribution in [0.25, 0.3) is 0 Å². The summed E-state index contributed by atoms with van der Waals surface area (Å²) < 4.78 is 68.4. The Morgan fingerprint density at radius 1 is 0.289 bits per heavy atom. The van der Waals surface area contributed by atoms with Gasteiger partial charge in [0.05, 0.1) is 26.4 Å². The lowest BCUT2D eigenvalue weighted by Crippen LogP contribution is -2.30. The summed E-state index contributed by atoms with van der Waals surface area (Å²) >= 11 is 0. The molecule has 0 spiro atoms. The van der Waals surface area contributed by atoms with Gasteiger partial charge in [0.15, 0.2) is 12.2 Å². The summed E-state index contributed by atoms with van der Waals surface area (Å²) in [6.07, 6.45) is 58.4. The minimum absolute atomic E-state index is 0.106. The Kier molecular flexibility index (Phi) is 68.4. The summed E-state index contributed by atoms with van der Waals surface area (Å²) in [6.45, 7) is 9.68. The van der Waals surface area contributed by atoms with E-state index in [2.05, 4.69) is 41.5 Å². The Bertz CT molecular complexity index is 1880. The molecule has 0 aromatic rings. The van der Waals surface area contributed by atoms with Crippen LogP contribution in [0, 0.1) is 11.8 Å². The van der Waals surface area contributed by atoms with Crippen LogP contribution in [-0.2, 0) is 65.4 Å². The maximum Gasteiger partial charge on any atom is 0.472 e. The zero-order chi connectivity index (χ0) is 71.4. The number of hydrogen-bond acceptors (Lipinski definition) is 15. The van der Waals surface area contributed by atoms with Crippen molar-refractivity contribution in [2.45, 2.75) is 426 Å². The molecular weight excluding hydrogens is 1270 g/mol. The number of rotatable bonds is 77. The van der Waals surface area contributed by atoms with E-state index in [1.807, 2.05) is 0 Å². The molecule has 0 bridgehead atoms. The average molecular weight is 1420 g/mol. The highest BCUT2D eigenvalue weighted by Gasteiger charge is 2.30. The zero-order valence-electron chi connectivity index (χ0n) is 63.4. The molecule has 0 fully saturated rings. The van der Waals surface area contributed by atoms with Gasteiger partial charge in [-0.1, -0.05) is 356 Å². The Morgan fingerprint density at radius 3 is 0.732 bits per heavy atom. The molecule has 0 saturated carbocycles. The Labute approximate surface area is 594 Å². The van der Waals surface area contributed by atoms with Crippen molar-refractivity contribution < 1.29 is 80.2 Å². The van der Waals surface area contributed by atoms with Crippen LogP contribution in [-0.4, -0.2) is 96.7 Å². The van der Waals surface area contributed by atoms with Gasteiger partial charge >= 0.3 is 39.5 Å². The first-order chi connectivity index (χ1) is 46.9. The molecule has 19 heteroatoms. The van der Waals surface area contributed by atoms with Crippen molar-refractivity contribution in [1.29, 1.82) is 0 Å². The maximum absolute atomic E-state index is 13.1. The van der Waals surface area contributed by atoms with Gasteiger partial charge in [0.2, 0.25) is 0 Å². The van der Waals surface area contributed by atoms with Gasteiger partial charge in [0, 0.05) is 25.7 Å². The second-order valence-electron chi connectivity index (χ2n) is 28.6. The fraction of sp³-hybridized carbons (Fsp3) is 0.949. The summed E-state index contributed by atoms with van der Waals surface area (Å²) in [7, 11) is -9.90. The molecule has 0 aliphatic heterocycles. The van der Waals surface area contributed by atoms with Crippen molar-refractivity contribution in [2.75, 3.05) is 39.6 Å². The van der Waals surface area contributed by atoms with E-state index in [1.54, 1.807) is 0 Å². The number of unbranched alkanes of at least 4 members (excludes halogenated alkanes) is 45. The first kappa shape index (κ1) is 95.1. The molecule has 0 aliphatic carbocycles. The number of esters is 4. The lowest BCUT2D eigenvalue weighted by molar-refractivity contribution is -0.161. The van der Waals surface area contributed by atoms with Crippen molar-refractivity contribution in [3.63, 3.8) is 0 Å². The predicted molar refractivity (Wildman–Crippen MR) is 395 cm³/mol. The van der Waals surface area contributed by atoms with Crippen LogP contribution in [0.5, 0.6) is 0 Å². The molecule has 97 heavy (non-hydrogen) atoms. The standard InChI is InChI=1S/C78H152O17P2/c1-7-11-13-15-17-18-37-44-50-56-62-77(82)94-73(66-88-75(80)60-54-48-40-16-14-12-8-2)68-92-96(84,85)90-64-72(79)65-91-97(86,87)93-69-74(67-89-76(81)61-55-49-43-38-33-29-26-25-28-32-36-42-47-53-59-71(6)10-4)95-78(83)63-57-51-45-39-34-30-24-22-20-19-21-23-27-31-35-41-46-52-58-70(5)9-3/h70-74,79H,7-69H2,1-6H3,(H,84,85)(H,86,87)/t70?,71?,72-,73+,74+/m0/s1. The van der Waals surface area contributed by atoms with Crippen LogP contribution in [0.15, 0.2) is 0 Å². The number of aliphatic hydroxyl groups excluding tert-OH is 1. The smallest absolute Gasteiger partial charge is 0.462 e. The van der Waals surface area contributed by atoms with Crippen molar-refractivity contribution in [3.8, 4) is 0 Å². The average Bonchev–Trinajstić information content (AvgIpc) is 1.74. The minimum Gasteiger partial charge on any atom is -0.462 e. The third-order valence-electron chi connectivity index (χ3n) is 18.9.